The average Bonchev–Trinajstić information content (AvgIpc) is 3.19. The number of benzene rings is 1. The van der Waals surface area contributed by atoms with Crippen molar-refractivity contribution in [3.8, 4) is 0 Å². The lowest BCUT2D eigenvalue weighted by Crippen LogP contribution is -2.45. The fourth-order valence-electron chi connectivity index (χ4n) is 4.78. The van der Waals surface area contributed by atoms with Crippen molar-refractivity contribution in [2.75, 3.05) is 13.1 Å². The Labute approximate surface area is 175 Å². The summed E-state index contributed by atoms with van der Waals surface area (Å²) < 4.78 is 0. The molecule has 1 aromatic carbocycles. The third kappa shape index (κ3) is 3.32. The second-order valence-electron chi connectivity index (χ2n) is 8.42. The number of nitrogens with zero attached hydrogens (tertiary/aromatic N) is 3. The summed E-state index contributed by atoms with van der Waals surface area (Å²) in [7, 11) is 0. The molecule has 3 aromatic rings. The van der Waals surface area contributed by atoms with Gasteiger partial charge in [0.1, 0.15) is 5.69 Å². The number of carbonyl (C=O) groups excluding carboxylic acids is 2. The van der Waals surface area contributed by atoms with Crippen LogP contribution in [0.1, 0.15) is 35.3 Å². The van der Waals surface area contributed by atoms with Gasteiger partial charge in [-0.05, 0) is 36.6 Å². The van der Waals surface area contributed by atoms with Gasteiger partial charge >= 0.3 is 0 Å². The SMILES string of the molecule is O=C(NCc1cccnc1)C1CN(C(=O)c2ccc3ccccc3n2)CC12CCC2. The molecule has 6 nitrogen and oxygen atoms in total. The average molecular weight is 400 g/mol. The Balaban J connectivity index is 1.32. The molecule has 5 rings (SSSR count). The van der Waals surface area contributed by atoms with Crippen molar-refractivity contribution in [2.24, 2.45) is 11.3 Å². The highest BCUT2D eigenvalue weighted by molar-refractivity contribution is 5.95. The maximum absolute atomic E-state index is 13.2. The van der Waals surface area contributed by atoms with Gasteiger partial charge in [-0.15, -0.1) is 0 Å². The highest BCUT2D eigenvalue weighted by Gasteiger charge is 2.54. The summed E-state index contributed by atoms with van der Waals surface area (Å²) in [6.07, 6.45) is 6.58. The van der Waals surface area contributed by atoms with Crippen molar-refractivity contribution in [3.63, 3.8) is 0 Å². The molecule has 1 saturated heterocycles. The van der Waals surface area contributed by atoms with Crippen LogP contribution in [0.2, 0.25) is 0 Å². The van der Waals surface area contributed by atoms with E-state index in [1.807, 2.05) is 47.4 Å². The Morgan fingerprint density at radius 1 is 1.10 bits per heavy atom. The molecule has 2 fully saturated rings. The molecule has 0 radical (unpaired) electrons. The maximum Gasteiger partial charge on any atom is 0.272 e. The maximum atomic E-state index is 13.2. The molecule has 1 aliphatic heterocycles. The van der Waals surface area contributed by atoms with Crippen LogP contribution in [0.25, 0.3) is 10.9 Å². The smallest absolute Gasteiger partial charge is 0.272 e. The van der Waals surface area contributed by atoms with Gasteiger partial charge in [0.25, 0.3) is 5.91 Å². The summed E-state index contributed by atoms with van der Waals surface area (Å²) in [5, 5.41) is 4.07. The minimum atomic E-state index is -0.174. The van der Waals surface area contributed by atoms with Gasteiger partial charge in [0.2, 0.25) is 5.91 Å². The van der Waals surface area contributed by atoms with Gasteiger partial charge in [-0.3, -0.25) is 14.6 Å². The first-order valence-corrected chi connectivity index (χ1v) is 10.5. The molecule has 1 N–H and O–H groups in total. The molecule has 1 unspecified atom stereocenters. The van der Waals surface area contributed by atoms with Crippen LogP contribution in [0.4, 0.5) is 0 Å². The molecule has 1 atom stereocenters. The Morgan fingerprint density at radius 2 is 1.97 bits per heavy atom. The van der Waals surface area contributed by atoms with E-state index in [4.69, 9.17) is 0 Å². The number of para-hydroxylation sites is 1. The topological polar surface area (TPSA) is 75.2 Å². The van der Waals surface area contributed by atoms with Crippen LogP contribution in [-0.4, -0.2) is 39.8 Å². The quantitative estimate of drug-likeness (QED) is 0.730. The summed E-state index contributed by atoms with van der Waals surface area (Å²) >= 11 is 0. The fourth-order valence-corrected chi connectivity index (χ4v) is 4.78. The van der Waals surface area contributed by atoms with Gasteiger partial charge in [-0.2, -0.15) is 0 Å². The minimum absolute atomic E-state index is 0.0281. The highest BCUT2D eigenvalue weighted by Crippen LogP contribution is 2.52. The van der Waals surface area contributed by atoms with Crippen molar-refractivity contribution < 1.29 is 9.59 Å². The Kier molecular flexibility index (Phi) is 4.69. The number of amides is 2. The molecule has 1 saturated carbocycles. The number of aromatic nitrogens is 2. The number of fused-ring (bicyclic) bond motifs is 1. The van der Waals surface area contributed by atoms with E-state index in [9.17, 15) is 9.59 Å². The molecular formula is C24H24N4O2. The fraction of sp³-hybridized carbons (Fsp3) is 0.333. The molecule has 3 heterocycles. The van der Waals surface area contributed by atoms with E-state index in [1.165, 1.54) is 0 Å². The predicted molar refractivity (Wildman–Crippen MR) is 114 cm³/mol. The number of hydrogen-bond acceptors (Lipinski definition) is 4. The third-order valence-corrected chi connectivity index (χ3v) is 6.61. The van der Waals surface area contributed by atoms with Gasteiger partial charge in [0, 0.05) is 42.8 Å². The molecule has 30 heavy (non-hydrogen) atoms. The van der Waals surface area contributed by atoms with Crippen molar-refractivity contribution in [2.45, 2.75) is 25.8 Å². The van der Waals surface area contributed by atoms with Crippen molar-refractivity contribution in [3.05, 3.63) is 72.2 Å². The van der Waals surface area contributed by atoms with Gasteiger partial charge < -0.3 is 10.2 Å². The van der Waals surface area contributed by atoms with Crippen LogP contribution in [0.3, 0.4) is 0 Å². The van der Waals surface area contributed by atoms with Crippen LogP contribution in [0.15, 0.2) is 60.9 Å². The van der Waals surface area contributed by atoms with E-state index in [1.54, 1.807) is 18.5 Å². The van der Waals surface area contributed by atoms with Crippen LogP contribution in [0, 0.1) is 11.3 Å². The van der Waals surface area contributed by atoms with Gasteiger partial charge in [-0.1, -0.05) is 36.8 Å². The number of likely N-dealkylation sites (tertiary alicyclic amines) is 1. The Morgan fingerprint density at radius 3 is 2.73 bits per heavy atom. The Bertz CT molecular complexity index is 1090. The molecule has 152 valence electrons. The normalized spacial score (nSPS) is 19.6. The van der Waals surface area contributed by atoms with E-state index in [2.05, 4.69) is 15.3 Å². The lowest BCUT2D eigenvalue weighted by atomic mass is 9.62. The molecule has 1 aliphatic carbocycles. The molecule has 1 spiro atoms. The molecule has 0 bridgehead atoms. The van der Waals surface area contributed by atoms with Gasteiger partial charge in [-0.25, -0.2) is 4.98 Å². The van der Waals surface area contributed by atoms with Gasteiger partial charge in [0.05, 0.1) is 11.4 Å². The lowest BCUT2D eigenvalue weighted by molar-refractivity contribution is -0.129. The number of carbonyl (C=O) groups is 2. The van der Waals surface area contributed by atoms with E-state index < -0.39 is 0 Å². The Hall–Kier alpha value is -3.28. The summed E-state index contributed by atoms with van der Waals surface area (Å²) in [4.78, 5) is 36.7. The van der Waals surface area contributed by atoms with E-state index in [0.717, 1.165) is 35.7 Å². The minimum Gasteiger partial charge on any atom is -0.352 e. The first kappa shape index (κ1) is 18.7. The number of pyridine rings is 2. The highest BCUT2D eigenvalue weighted by atomic mass is 16.2. The largest absolute Gasteiger partial charge is 0.352 e. The molecule has 6 heteroatoms. The zero-order valence-electron chi connectivity index (χ0n) is 16.8. The molecular weight excluding hydrogens is 376 g/mol. The van der Waals surface area contributed by atoms with E-state index in [-0.39, 0.29) is 23.1 Å². The standard InChI is InChI=1S/C24H24N4O2/c29-22(26-14-17-5-3-12-25-13-17)19-15-28(16-24(19)10-4-11-24)23(30)21-9-8-18-6-1-2-7-20(18)27-21/h1-3,5-9,12-13,19H,4,10-11,14-16H2,(H,26,29). The third-order valence-electron chi connectivity index (χ3n) is 6.61. The summed E-state index contributed by atoms with van der Waals surface area (Å²) in [6.45, 7) is 1.54. The monoisotopic (exact) mass is 400 g/mol. The second kappa shape index (κ2) is 7.52. The van der Waals surface area contributed by atoms with Crippen LogP contribution >= 0.6 is 0 Å². The predicted octanol–water partition coefficient (Wildman–Crippen LogP) is 3.19. The summed E-state index contributed by atoms with van der Waals surface area (Å²) in [5.41, 5.74) is 2.14. The first-order valence-electron chi connectivity index (χ1n) is 10.5. The number of hydrogen-bond donors (Lipinski definition) is 1. The van der Waals surface area contributed by atoms with E-state index in [0.29, 0.717) is 25.3 Å². The lowest BCUT2D eigenvalue weighted by Gasteiger charge is -2.41. The summed E-state index contributed by atoms with van der Waals surface area (Å²) in [5.74, 6) is -0.234. The second-order valence-corrected chi connectivity index (χ2v) is 8.42. The van der Waals surface area contributed by atoms with Crippen LogP contribution < -0.4 is 5.32 Å². The zero-order chi connectivity index (χ0) is 20.6. The molecule has 2 amide bonds. The molecule has 2 aliphatic rings. The van der Waals surface area contributed by atoms with Crippen LogP contribution in [0.5, 0.6) is 0 Å². The van der Waals surface area contributed by atoms with Crippen molar-refractivity contribution >= 4 is 22.7 Å². The van der Waals surface area contributed by atoms with Crippen molar-refractivity contribution in [1.82, 2.24) is 20.2 Å². The number of rotatable bonds is 4. The van der Waals surface area contributed by atoms with Crippen molar-refractivity contribution in [1.29, 1.82) is 0 Å². The summed E-state index contributed by atoms with van der Waals surface area (Å²) in [6, 6.07) is 15.3. The zero-order valence-corrected chi connectivity index (χ0v) is 16.8. The van der Waals surface area contributed by atoms with Gasteiger partial charge in [0.15, 0.2) is 0 Å². The van der Waals surface area contributed by atoms with Crippen LogP contribution in [-0.2, 0) is 11.3 Å². The first-order chi connectivity index (χ1) is 14.6. The molecule has 2 aromatic heterocycles. The van der Waals surface area contributed by atoms with E-state index >= 15 is 0 Å². The number of nitrogens with one attached hydrogen (secondary N) is 1.